The second-order valence-electron chi connectivity index (χ2n) is 9.60. The molecule has 2 amide bonds. The fourth-order valence-corrected chi connectivity index (χ4v) is 6.71. The second kappa shape index (κ2) is 10.5. The summed E-state index contributed by atoms with van der Waals surface area (Å²) >= 11 is 1.92. The Morgan fingerprint density at radius 2 is 1.94 bits per heavy atom. The van der Waals surface area contributed by atoms with Crippen molar-refractivity contribution >= 4 is 23.1 Å². The number of thiophene rings is 1. The molecule has 1 aliphatic carbocycles. The molecule has 1 N–H and O–H groups in total. The van der Waals surface area contributed by atoms with E-state index >= 15 is 0 Å². The van der Waals surface area contributed by atoms with Crippen LogP contribution in [0.4, 0.5) is 10.5 Å². The number of urea groups is 1. The number of hydrogen-bond acceptors (Lipinski definition) is 4. The summed E-state index contributed by atoms with van der Waals surface area (Å²) in [6.45, 7) is 4.60. The maximum absolute atomic E-state index is 13.7. The Kier molecular flexibility index (Phi) is 7.16. The van der Waals surface area contributed by atoms with Crippen LogP contribution >= 0.6 is 11.3 Å². The molecule has 3 heterocycles. The van der Waals surface area contributed by atoms with Gasteiger partial charge in [-0.3, -0.25) is 0 Å². The molecule has 186 valence electrons. The van der Waals surface area contributed by atoms with E-state index in [1.165, 1.54) is 33.8 Å². The summed E-state index contributed by atoms with van der Waals surface area (Å²) in [7, 11) is 4.10. The van der Waals surface area contributed by atoms with Crippen molar-refractivity contribution in [1.82, 2.24) is 14.8 Å². The molecule has 2 aliphatic rings. The summed E-state index contributed by atoms with van der Waals surface area (Å²) in [4.78, 5) is 19.4. The summed E-state index contributed by atoms with van der Waals surface area (Å²) in [5.74, 6) is 0. The lowest BCUT2D eigenvalue weighted by atomic mass is 9.95. The first-order valence-electron chi connectivity index (χ1n) is 12.8. The first kappa shape index (κ1) is 23.9. The van der Waals surface area contributed by atoms with Gasteiger partial charge in [0.25, 0.3) is 0 Å². The molecule has 1 atom stereocenters. The van der Waals surface area contributed by atoms with Crippen LogP contribution in [-0.4, -0.2) is 49.4 Å². The van der Waals surface area contributed by atoms with Gasteiger partial charge in [0.2, 0.25) is 0 Å². The molecule has 0 saturated carbocycles. The quantitative estimate of drug-likeness (QED) is 0.442. The molecule has 5 rings (SSSR count). The first-order valence-corrected chi connectivity index (χ1v) is 13.6. The molecular weight excluding hydrogens is 456 g/mol. The highest BCUT2D eigenvalue weighted by molar-refractivity contribution is 7.15. The van der Waals surface area contributed by atoms with E-state index in [2.05, 4.69) is 71.5 Å². The average Bonchev–Trinajstić information content (AvgIpc) is 3.46. The lowest BCUT2D eigenvalue weighted by Gasteiger charge is -2.31. The number of anilines is 1. The summed E-state index contributed by atoms with van der Waals surface area (Å²) in [6.07, 6.45) is 7.74. The van der Waals surface area contributed by atoms with Crippen molar-refractivity contribution < 1.29 is 9.53 Å². The third kappa shape index (κ3) is 4.71. The zero-order valence-corrected chi connectivity index (χ0v) is 21.9. The van der Waals surface area contributed by atoms with Crippen molar-refractivity contribution in [3.05, 3.63) is 69.9 Å². The molecule has 7 heteroatoms. The molecule has 1 unspecified atom stereocenters. The van der Waals surface area contributed by atoms with Crippen molar-refractivity contribution in [3.8, 4) is 5.00 Å². The zero-order chi connectivity index (χ0) is 24.4. The molecule has 1 aliphatic heterocycles. The Balaban J connectivity index is 1.54. The van der Waals surface area contributed by atoms with E-state index in [0.29, 0.717) is 26.3 Å². The van der Waals surface area contributed by atoms with Crippen molar-refractivity contribution in [1.29, 1.82) is 0 Å². The van der Waals surface area contributed by atoms with E-state index in [1.807, 2.05) is 23.2 Å². The van der Waals surface area contributed by atoms with Gasteiger partial charge in [0.15, 0.2) is 0 Å². The van der Waals surface area contributed by atoms with Crippen LogP contribution in [0.25, 0.3) is 5.00 Å². The second-order valence-corrected chi connectivity index (χ2v) is 10.7. The highest BCUT2D eigenvalue weighted by atomic mass is 32.1. The van der Waals surface area contributed by atoms with Crippen LogP contribution in [0.2, 0.25) is 0 Å². The van der Waals surface area contributed by atoms with Gasteiger partial charge in [-0.1, -0.05) is 12.1 Å². The van der Waals surface area contributed by atoms with Crippen molar-refractivity contribution in [3.63, 3.8) is 0 Å². The molecule has 0 radical (unpaired) electrons. The van der Waals surface area contributed by atoms with Crippen LogP contribution in [0.3, 0.4) is 0 Å². The number of aromatic nitrogens is 1. The van der Waals surface area contributed by atoms with Crippen molar-refractivity contribution in [2.75, 3.05) is 38.8 Å². The van der Waals surface area contributed by atoms with Gasteiger partial charge in [0, 0.05) is 56.2 Å². The molecule has 2 aromatic heterocycles. The Labute approximate surface area is 212 Å². The normalized spacial score (nSPS) is 16.8. The van der Waals surface area contributed by atoms with E-state index in [0.717, 1.165) is 36.2 Å². The van der Waals surface area contributed by atoms with Gasteiger partial charge < -0.3 is 24.4 Å². The van der Waals surface area contributed by atoms with Crippen LogP contribution in [0.5, 0.6) is 0 Å². The number of fused-ring (bicyclic) bond motifs is 5. The zero-order valence-electron chi connectivity index (χ0n) is 21.0. The molecule has 0 fully saturated rings. The third-order valence-corrected chi connectivity index (χ3v) is 8.44. The molecule has 6 nitrogen and oxygen atoms in total. The average molecular weight is 493 g/mol. The first-order chi connectivity index (χ1) is 17.1. The van der Waals surface area contributed by atoms with Gasteiger partial charge in [-0.05, 0) is 74.4 Å². The number of carbonyl (C=O) groups excluding carboxylic acids is 1. The largest absolute Gasteiger partial charge is 0.382 e. The number of ether oxygens (including phenoxy) is 1. The fraction of sp³-hybridized carbons (Fsp3) is 0.464. The minimum Gasteiger partial charge on any atom is -0.382 e. The number of amides is 2. The van der Waals surface area contributed by atoms with E-state index in [1.54, 1.807) is 0 Å². The Morgan fingerprint density at radius 3 is 2.71 bits per heavy atom. The van der Waals surface area contributed by atoms with Gasteiger partial charge in [-0.2, -0.15) is 0 Å². The molecule has 0 saturated heterocycles. The number of hydrogen-bond donors (Lipinski definition) is 1. The van der Waals surface area contributed by atoms with Crippen LogP contribution in [-0.2, 0) is 24.1 Å². The van der Waals surface area contributed by atoms with E-state index in [-0.39, 0.29) is 12.1 Å². The standard InChI is InChI=1S/C28H36N4O2S/c1-4-34-18-8-16-29-28(33)32-19-23-22-9-5-6-11-25(22)35-27(23)31-17-7-10-24(31)26(32)20-12-14-21(15-13-20)30(2)3/h7,10,12-15,17,26H,4-6,8-9,11,16,18-19H2,1-3H3,(H,29,33). The van der Waals surface area contributed by atoms with E-state index in [4.69, 9.17) is 4.74 Å². The number of aryl methyl sites for hydroxylation is 1. The number of carbonyl (C=O) groups is 1. The predicted octanol–water partition coefficient (Wildman–Crippen LogP) is 5.52. The number of benzene rings is 1. The van der Waals surface area contributed by atoms with E-state index in [9.17, 15) is 4.79 Å². The topological polar surface area (TPSA) is 49.7 Å². The summed E-state index contributed by atoms with van der Waals surface area (Å²) in [6, 6.07) is 12.7. The molecule has 3 aromatic rings. The summed E-state index contributed by atoms with van der Waals surface area (Å²) < 4.78 is 7.80. The van der Waals surface area contributed by atoms with Crippen molar-refractivity contribution in [2.24, 2.45) is 0 Å². The monoisotopic (exact) mass is 492 g/mol. The Bertz CT molecular complexity index is 1160. The Hall–Kier alpha value is -2.77. The SMILES string of the molecule is CCOCCCNC(=O)N1Cc2c(sc3c2CCCC3)-n2cccc2C1c1ccc(N(C)C)cc1. The maximum atomic E-state index is 13.7. The predicted molar refractivity (Wildman–Crippen MR) is 143 cm³/mol. The number of nitrogens with zero attached hydrogens (tertiary/aromatic N) is 3. The molecule has 0 bridgehead atoms. The minimum atomic E-state index is -0.160. The smallest absolute Gasteiger partial charge is 0.318 e. The van der Waals surface area contributed by atoms with Gasteiger partial charge in [0.05, 0.1) is 18.3 Å². The molecule has 0 spiro atoms. The highest BCUT2D eigenvalue weighted by Crippen LogP contribution is 2.44. The van der Waals surface area contributed by atoms with Crippen LogP contribution in [0, 0.1) is 0 Å². The fourth-order valence-electron chi connectivity index (χ4n) is 5.31. The maximum Gasteiger partial charge on any atom is 0.318 e. The molecule has 35 heavy (non-hydrogen) atoms. The van der Waals surface area contributed by atoms with E-state index < -0.39 is 0 Å². The van der Waals surface area contributed by atoms with Crippen LogP contribution in [0.1, 0.15) is 59.5 Å². The molecule has 1 aromatic carbocycles. The lowest BCUT2D eigenvalue weighted by molar-refractivity contribution is 0.143. The van der Waals surface area contributed by atoms with Gasteiger partial charge in [0.1, 0.15) is 5.00 Å². The number of nitrogens with one attached hydrogen (secondary N) is 1. The van der Waals surface area contributed by atoms with Gasteiger partial charge in [-0.25, -0.2) is 4.79 Å². The highest BCUT2D eigenvalue weighted by Gasteiger charge is 2.35. The van der Waals surface area contributed by atoms with Crippen molar-refractivity contribution in [2.45, 2.75) is 51.6 Å². The third-order valence-electron chi connectivity index (χ3n) is 7.11. The number of rotatable bonds is 7. The Morgan fingerprint density at radius 1 is 1.14 bits per heavy atom. The molecular formula is C28H36N4O2S. The van der Waals surface area contributed by atoms with Gasteiger partial charge in [-0.15, -0.1) is 11.3 Å². The summed E-state index contributed by atoms with van der Waals surface area (Å²) in [5.41, 5.74) is 6.24. The summed E-state index contributed by atoms with van der Waals surface area (Å²) in [5, 5.41) is 4.48. The van der Waals surface area contributed by atoms with Crippen LogP contribution < -0.4 is 10.2 Å². The minimum absolute atomic E-state index is 0.0143. The van der Waals surface area contributed by atoms with Crippen LogP contribution in [0.15, 0.2) is 42.6 Å². The lowest BCUT2D eigenvalue weighted by Crippen LogP contribution is -2.42. The van der Waals surface area contributed by atoms with Gasteiger partial charge >= 0.3 is 6.03 Å².